The maximum atomic E-state index is 12.2. The Labute approximate surface area is 136 Å². The number of aryl methyl sites for hydroxylation is 1. The maximum Gasteiger partial charge on any atom is 0.317 e. The molecule has 0 spiro atoms. The van der Waals surface area contributed by atoms with Gasteiger partial charge in [0.15, 0.2) is 0 Å². The number of amides is 2. The lowest BCUT2D eigenvalue weighted by Crippen LogP contribution is -2.56. The van der Waals surface area contributed by atoms with E-state index in [-0.39, 0.29) is 24.7 Å². The molecule has 1 aromatic heterocycles. The van der Waals surface area contributed by atoms with Crippen LogP contribution in [0, 0.1) is 6.92 Å². The van der Waals surface area contributed by atoms with E-state index in [9.17, 15) is 9.59 Å². The number of carboxylic acids is 1. The molecule has 7 heteroatoms. The number of carbonyl (C=O) groups is 2. The number of aliphatic carboxylic acids is 1. The molecule has 2 N–H and O–H groups in total. The van der Waals surface area contributed by atoms with Crippen molar-refractivity contribution in [2.75, 3.05) is 20.1 Å². The normalized spacial score (nSPS) is 20.2. The summed E-state index contributed by atoms with van der Waals surface area (Å²) in [5.41, 5.74) is 0.993. The third-order valence-electron chi connectivity index (χ3n) is 4.42. The molecular weight excluding hydrogens is 298 g/mol. The summed E-state index contributed by atoms with van der Waals surface area (Å²) >= 11 is 0. The number of urea groups is 1. The summed E-state index contributed by atoms with van der Waals surface area (Å²) in [6.45, 7) is 5.10. The molecule has 0 saturated heterocycles. The molecular formula is C16H25N3O4. The number of furan rings is 1. The Morgan fingerprint density at radius 2 is 2.13 bits per heavy atom. The van der Waals surface area contributed by atoms with Gasteiger partial charge in [0.1, 0.15) is 5.76 Å². The number of nitrogens with zero attached hydrogens (tertiary/aromatic N) is 2. The van der Waals surface area contributed by atoms with Crippen molar-refractivity contribution in [1.29, 1.82) is 0 Å². The minimum Gasteiger partial charge on any atom is -0.480 e. The van der Waals surface area contributed by atoms with Crippen molar-refractivity contribution >= 4 is 12.0 Å². The molecule has 2 rings (SSSR count). The summed E-state index contributed by atoms with van der Waals surface area (Å²) in [6.07, 6.45) is 3.21. The lowest BCUT2D eigenvalue weighted by atomic mass is 9.85. The first-order valence-corrected chi connectivity index (χ1v) is 7.91. The van der Waals surface area contributed by atoms with Crippen molar-refractivity contribution in [3.05, 3.63) is 23.7 Å². The molecule has 0 bridgehead atoms. The van der Waals surface area contributed by atoms with Crippen molar-refractivity contribution < 1.29 is 19.1 Å². The van der Waals surface area contributed by atoms with Gasteiger partial charge in [-0.25, -0.2) is 4.79 Å². The van der Waals surface area contributed by atoms with Crippen molar-refractivity contribution in [1.82, 2.24) is 15.1 Å². The van der Waals surface area contributed by atoms with Gasteiger partial charge in [-0.05, 0) is 32.4 Å². The van der Waals surface area contributed by atoms with Gasteiger partial charge in [0.25, 0.3) is 0 Å². The largest absolute Gasteiger partial charge is 0.480 e. The lowest BCUT2D eigenvalue weighted by molar-refractivity contribution is -0.139. The number of carbonyl (C=O) groups excluding carboxylic acids is 1. The fraction of sp³-hybridized carbons (Fsp3) is 0.625. The number of likely N-dealkylation sites (N-methyl/N-ethyl adjacent to an activating group) is 1. The lowest BCUT2D eigenvalue weighted by Gasteiger charge is -2.42. The van der Waals surface area contributed by atoms with Gasteiger partial charge in [-0.1, -0.05) is 6.92 Å². The monoisotopic (exact) mass is 323 g/mol. The zero-order valence-corrected chi connectivity index (χ0v) is 13.9. The summed E-state index contributed by atoms with van der Waals surface area (Å²) in [5, 5.41) is 11.9. The number of hydrogen-bond acceptors (Lipinski definition) is 4. The number of rotatable bonds is 7. The van der Waals surface area contributed by atoms with Gasteiger partial charge in [0, 0.05) is 24.7 Å². The van der Waals surface area contributed by atoms with Crippen LogP contribution in [0.25, 0.3) is 0 Å². The molecule has 1 saturated carbocycles. The van der Waals surface area contributed by atoms with Crippen LogP contribution in [0.5, 0.6) is 0 Å². The second-order valence-corrected chi connectivity index (χ2v) is 6.09. The average molecular weight is 323 g/mol. The van der Waals surface area contributed by atoms with Crippen LogP contribution >= 0.6 is 0 Å². The zero-order chi connectivity index (χ0) is 17.0. The van der Waals surface area contributed by atoms with Crippen LogP contribution in [-0.2, 0) is 11.3 Å². The standard InChI is InChI=1S/C16H25N3O4/c1-4-19(10-15(20)21)14-7-13(8-14)17-16(22)18(3)9-12-5-6-23-11(12)2/h5-6,13-14H,4,7-10H2,1-3H3,(H,17,22)(H,20,21). The maximum absolute atomic E-state index is 12.2. The molecule has 0 unspecified atom stereocenters. The third-order valence-corrected chi connectivity index (χ3v) is 4.42. The van der Waals surface area contributed by atoms with Crippen molar-refractivity contribution in [2.24, 2.45) is 0 Å². The summed E-state index contributed by atoms with van der Waals surface area (Å²) < 4.78 is 5.23. The van der Waals surface area contributed by atoms with E-state index in [0.29, 0.717) is 13.1 Å². The van der Waals surface area contributed by atoms with E-state index < -0.39 is 5.97 Å². The molecule has 1 aliphatic rings. The van der Waals surface area contributed by atoms with Crippen LogP contribution < -0.4 is 5.32 Å². The van der Waals surface area contributed by atoms with Crippen LogP contribution in [0.1, 0.15) is 31.1 Å². The zero-order valence-electron chi connectivity index (χ0n) is 13.9. The average Bonchev–Trinajstić information content (AvgIpc) is 2.85. The van der Waals surface area contributed by atoms with Gasteiger partial charge in [-0.2, -0.15) is 0 Å². The van der Waals surface area contributed by atoms with Gasteiger partial charge in [-0.15, -0.1) is 0 Å². The predicted octanol–water partition coefficient (Wildman–Crippen LogP) is 1.67. The Bertz CT molecular complexity index is 551. The molecule has 0 aromatic carbocycles. The Kier molecular flexibility index (Phi) is 5.65. The molecule has 1 aliphatic carbocycles. The molecule has 2 amide bonds. The Morgan fingerprint density at radius 3 is 2.65 bits per heavy atom. The number of carboxylic acid groups (broad SMARTS) is 1. The second kappa shape index (κ2) is 7.50. The van der Waals surface area contributed by atoms with Crippen LogP contribution in [0.15, 0.2) is 16.7 Å². The van der Waals surface area contributed by atoms with Crippen molar-refractivity contribution in [2.45, 2.75) is 45.3 Å². The molecule has 1 aromatic rings. The van der Waals surface area contributed by atoms with Gasteiger partial charge in [0.05, 0.1) is 19.4 Å². The third kappa shape index (κ3) is 4.48. The molecule has 1 fully saturated rings. The number of hydrogen-bond donors (Lipinski definition) is 2. The second-order valence-electron chi connectivity index (χ2n) is 6.09. The fourth-order valence-electron chi connectivity index (χ4n) is 2.86. The SMILES string of the molecule is CCN(CC(=O)O)C1CC(NC(=O)N(C)Cc2ccoc2C)C1. The highest BCUT2D eigenvalue weighted by molar-refractivity contribution is 5.74. The minimum absolute atomic E-state index is 0.0570. The Balaban J connectivity index is 1.75. The molecule has 128 valence electrons. The summed E-state index contributed by atoms with van der Waals surface area (Å²) in [6, 6.07) is 2.10. The topological polar surface area (TPSA) is 86.0 Å². The molecule has 0 atom stereocenters. The molecule has 0 aliphatic heterocycles. The van der Waals surface area contributed by atoms with Crippen LogP contribution in [-0.4, -0.2) is 59.1 Å². The first kappa shape index (κ1) is 17.3. The van der Waals surface area contributed by atoms with Gasteiger partial charge in [-0.3, -0.25) is 9.69 Å². The van der Waals surface area contributed by atoms with E-state index in [1.165, 1.54) is 0 Å². The highest BCUT2D eigenvalue weighted by atomic mass is 16.4. The van der Waals surface area contributed by atoms with E-state index in [1.807, 2.05) is 24.8 Å². The van der Waals surface area contributed by atoms with E-state index in [2.05, 4.69) is 5.32 Å². The smallest absolute Gasteiger partial charge is 0.317 e. The summed E-state index contributed by atoms with van der Waals surface area (Å²) in [7, 11) is 1.75. The van der Waals surface area contributed by atoms with Crippen molar-refractivity contribution in [3.8, 4) is 0 Å². The quantitative estimate of drug-likeness (QED) is 0.797. The molecule has 1 heterocycles. The Morgan fingerprint density at radius 1 is 1.43 bits per heavy atom. The highest BCUT2D eigenvalue weighted by Gasteiger charge is 2.35. The van der Waals surface area contributed by atoms with Gasteiger partial charge in [0.2, 0.25) is 0 Å². The van der Waals surface area contributed by atoms with E-state index in [1.54, 1.807) is 18.2 Å². The molecule has 7 nitrogen and oxygen atoms in total. The highest BCUT2D eigenvalue weighted by Crippen LogP contribution is 2.25. The molecule has 0 radical (unpaired) electrons. The molecule has 23 heavy (non-hydrogen) atoms. The van der Waals surface area contributed by atoms with E-state index in [4.69, 9.17) is 9.52 Å². The van der Waals surface area contributed by atoms with Gasteiger partial charge < -0.3 is 19.7 Å². The first-order chi connectivity index (χ1) is 10.9. The van der Waals surface area contributed by atoms with Crippen molar-refractivity contribution in [3.63, 3.8) is 0 Å². The fourth-order valence-corrected chi connectivity index (χ4v) is 2.86. The summed E-state index contributed by atoms with van der Waals surface area (Å²) in [5.74, 6) is 0.00941. The van der Waals surface area contributed by atoms with E-state index >= 15 is 0 Å². The van der Waals surface area contributed by atoms with Crippen LogP contribution in [0.3, 0.4) is 0 Å². The van der Waals surface area contributed by atoms with Crippen LogP contribution in [0.4, 0.5) is 4.79 Å². The first-order valence-electron chi connectivity index (χ1n) is 7.91. The number of nitrogens with one attached hydrogen (secondary N) is 1. The Hall–Kier alpha value is -2.02. The summed E-state index contributed by atoms with van der Waals surface area (Å²) in [4.78, 5) is 26.6. The predicted molar refractivity (Wildman–Crippen MR) is 85.1 cm³/mol. The van der Waals surface area contributed by atoms with Gasteiger partial charge >= 0.3 is 12.0 Å². The van der Waals surface area contributed by atoms with E-state index in [0.717, 1.165) is 24.2 Å². The minimum atomic E-state index is -0.811. The van der Waals surface area contributed by atoms with Crippen LogP contribution in [0.2, 0.25) is 0 Å².